The molecule has 0 amide bonds. The minimum Gasteiger partial charge on any atom is -0.544 e. The van der Waals surface area contributed by atoms with Gasteiger partial charge in [-0.2, -0.15) is 11.7 Å². The van der Waals surface area contributed by atoms with Crippen molar-refractivity contribution in [1.29, 1.82) is 0 Å². The number of carbonyl (C=O) groups is 2. The topological polar surface area (TPSA) is 139 Å². The molecule has 0 aromatic rings. The Morgan fingerprint density at radius 2 is 1.35 bits per heavy atom. The van der Waals surface area contributed by atoms with Crippen LogP contribution >= 0.6 is 0 Å². The lowest BCUT2D eigenvalue weighted by Gasteiger charge is -2.21. The smallest absolute Gasteiger partial charge is 0.363 e. The van der Waals surface area contributed by atoms with Crippen LogP contribution in [0.5, 0.6) is 0 Å². The van der Waals surface area contributed by atoms with Crippen LogP contribution in [-0.4, -0.2) is 81.7 Å². The van der Waals surface area contributed by atoms with Crippen molar-refractivity contribution < 1.29 is 33.7 Å². The van der Waals surface area contributed by atoms with E-state index >= 15 is 0 Å². The summed E-state index contributed by atoms with van der Waals surface area (Å²) in [6.45, 7) is 0.0521. The SMILES string of the molecule is C.CO.COC(=O)C[N+](C)(C)N.C[N+](C)(N)CC(=O)[O-]. The summed E-state index contributed by atoms with van der Waals surface area (Å²) in [5.74, 6) is 9.28. The van der Waals surface area contributed by atoms with E-state index in [-0.39, 0.29) is 35.7 Å². The molecule has 0 aliphatic carbocycles. The number of rotatable bonds is 4. The van der Waals surface area contributed by atoms with Crippen molar-refractivity contribution in [2.75, 3.05) is 55.5 Å². The third-order valence-electron chi connectivity index (χ3n) is 1.30. The molecule has 0 aliphatic heterocycles. The van der Waals surface area contributed by atoms with Crippen molar-refractivity contribution in [1.82, 2.24) is 0 Å². The molecule has 0 aromatic heterocycles. The number of aliphatic carboxylic acids is 1. The van der Waals surface area contributed by atoms with Crippen LogP contribution in [0.1, 0.15) is 7.43 Å². The number of aliphatic hydroxyl groups excluding tert-OH is 1. The lowest BCUT2D eigenvalue weighted by molar-refractivity contribution is -0.896. The molecule has 5 N–H and O–H groups in total. The van der Waals surface area contributed by atoms with Gasteiger partial charge in [0.15, 0.2) is 6.54 Å². The second kappa shape index (κ2) is 12.8. The lowest BCUT2D eigenvalue weighted by Crippen LogP contribution is -2.53. The highest BCUT2D eigenvalue weighted by molar-refractivity contribution is 5.70. The molecular formula is C11H31N4O5+. The molecule has 9 heteroatoms. The predicted molar refractivity (Wildman–Crippen MR) is 74.2 cm³/mol. The van der Waals surface area contributed by atoms with E-state index in [4.69, 9.17) is 16.8 Å². The van der Waals surface area contributed by atoms with Crippen molar-refractivity contribution in [3.63, 3.8) is 0 Å². The maximum atomic E-state index is 10.5. The number of likely N-dealkylation sites (N-methyl/N-ethyl adjacent to an activating group) is 2. The highest BCUT2D eigenvalue weighted by atomic mass is 16.5. The van der Waals surface area contributed by atoms with Gasteiger partial charge in [-0.3, -0.25) is 0 Å². The molecule has 0 aromatic carbocycles. The molecule has 0 heterocycles. The summed E-state index contributed by atoms with van der Waals surface area (Å²) in [6, 6.07) is 0. The zero-order valence-electron chi connectivity index (χ0n) is 12.5. The van der Waals surface area contributed by atoms with Crippen molar-refractivity contribution in [2.45, 2.75) is 7.43 Å². The second-order valence-electron chi connectivity index (χ2n) is 4.82. The molecule has 0 saturated carbocycles. The number of carbonyl (C=O) groups excluding carboxylic acids is 2. The molecule has 0 rings (SSSR count). The maximum absolute atomic E-state index is 10.5. The molecule has 124 valence electrons. The molecule has 0 spiro atoms. The number of carboxylic acid groups (broad SMARTS) is 1. The van der Waals surface area contributed by atoms with Crippen LogP contribution in [0, 0.1) is 0 Å². The number of carboxylic acids is 1. The van der Waals surface area contributed by atoms with E-state index in [1.807, 2.05) is 0 Å². The van der Waals surface area contributed by atoms with E-state index in [2.05, 4.69) is 4.74 Å². The Bertz CT molecular complexity index is 259. The summed E-state index contributed by atoms with van der Waals surface area (Å²) >= 11 is 0. The number of ether oxygens (including phenoxy) is 1. The predicted octanol–water partition coefficient (Wildman–Crippen LogP) is -2.96. The zero-order valence-corrected chi connectivity index (χ0v) is 12.5. The van der Waals surface area contributed by atoms with Crippen molar-refractivity contribution in [3.8, 4) is 0 Å². The number of nitrogens with zero attached hydrogens (tertiary/aromatic N) is 2. The number of nitrogens with two attached hydrogens (primary N) is 2. The van der Waals surface area contributed by atoms with Crippen LogP contribution in [0.15, 0.2) is 0 Å². The van der Waals surface area contributed by atoms with Crippen LogP contribution in [0.25, 0.3) is 0 Å². The van der Waals surface area contributed by atoms with Gasteiger partial charge in [0.05, 0.1) is 41.3 Å². The molecule has 0 fully saturated rings. The van der Waals surface area contributed by atoms with Gasteiger partial charge in [0.1, 0.15) is 6.54 Å². The van der Waals surface area contributed by atoms with Gasteiger partial charge in [-0.05, 0) is 0 Å². The molecule has 0 bridgehead atoms. The van der Waals surface area contributed by atoms with E-state index in [0.717, 1.165) is 7.11 Å². The molecule has 0 radical (unpaired) electrons. The number of aliphatic hydroxyl groups is 1. The van der Waals surface area contributed by atoms with E-state index in [9.17, 15) is 14.7 Å². The summed E-state index contributed by atoms with van der Waals surface area (Å²) in [5, 5.41) is 16.8. The summed E-state index contributed by atoms with van der Waals surface area (Å²) in [5.41, 5.74) is 0. The van der Waals surface area contributed by atoms with E-state index in [1.165, 1.54) is 7.11 Å². The molecule has 0 saturated heterocycles. The number of quaternary nitrogens is 2. The summed E-state index contributed by atoms with van der Waals surface area (Å²) < 4.78 is 4.43. The van der Waals surface area contributed by atoms with Crippen molar-refractivity contribution in [3.05, 3.63) is 0 Å². The molecule has 0 unspecified atom stereocenters. The first-order valence-corrected chi connectivity index (χ1v) is 5.32. The zero-order chi connectivity index (χ0) is 16.3. The number of methoxy groups -OCH3 is 1. The summed E-state index contributed by atoms with van der Waals surface area (Å²) in [4.78, 5) is 20.3. The van der Waals surface area contributed by atoms with Gasteiger partial charge in [0.2, 0.25) is 0 Å². The first-order valence-electron chi connectivity index (χ1n) is 5.32. The third-order valence-corrected chi connectivity index (χ3v) is 1.30. The average Bonchev–Trinajstić information content (AvgIpc) is 2.15. The monoisotopic (exact) mass is 299 g/mol. The average molecular weight is 299 g/mol. The molecule has 0 atom stereocenters. The minimum absolute atomic E-state index is 0. The summed E-state index contributed by atoms with van der Waals surface area (Å²) in [6.07, 6.45) is 0. The molecule has 9 nitrogen and oxygen atoms in total. The van der Waals surface area contributed by atoms with Crippen molar-refractivity contribution in [2.24, 2.45) is 11.7 Å². The van der Waals surface area contributed by atoms with Crippen LogP contribution in [0.4, 0.5) is 0 Å². The Morgan fingerprint density at radius 1 is 1.05 bits per heavy atom. The van der Waals surface area contributed by atoms with Crippen LogP contribution < -0.4 is 16.8 Å². The number of esters is 1. The van der Waals surface area contributed by atoms with Crippen molar-refractivity contribution >= 4 is 11.9 Å². The highest BCUT2D eigenvalue weighted by Crippen LogP contribution is 1.84. The fourth-order valence-electron chi connectivity index (χ4n) is 0.730. The Balaban J connectivity index is -0.000000109. The normalized spacial score (nSPS) is 9.85. The maximum Gasteiger partial charge on any atom is 0.363 e. The van der Waals surface area contributed by atoms with Gasteiger partial charge in [-0.15, -0.1) is 0 Å². The first kappa shape index (κ1) is 27.1. The minimum atomic E-state index is -1.13. The van der Waals surface area contributed by atoms with E-state index < -0.39 is 5.97 Å². The number of hydrogen-bond acceptors (Lipinski definition) is 7. The van der Waals surface area contributed by atoms with E-state index in [1.54, 1.807) is 28.2 Å². The number of hydrogen-bond donors (Lipinski definition) is 3. The highest BCUT2D eigenvalue weighted by Gasteiger charge is 2.14. The Labute approximate surface area is 121 Å². The van der Waals surface area contributed by atoms with Gasteiger partial charge >= 0.3 is 5.97 Å². The molecule has 0 aliphatic rings. The van der Waals surface area contributed by atoms with Gasteiger partial charge in [0.25, 0.3) is 0 Å². The Hall–Kier alpha value is -1.26. The summed E-state index contributed by atoms with van der Waals surface area (Å²) in [7, 11) is 8.94. The third kappa shape index (κ3) is 36.0. The molecular weight excluding hydrogens is 268 g/mol. The standard InChI is InChI=1S/C5H13N2O2.C4H10N2O2.CH4O.CH4/c1-7(2,6)4-5(8)9-3;1-6(2,5)3-4(7)8;1-2;/h4,6H2,1-3H3;3,5H2,1-2H3;2H,1H3;1H4/q+1;;;. The fraction of sp³-hybridized carbons (Fsp3) is 0.818. The van der Waals surface area contributed by atoms with Gasteiger partial charge in [-0.25, -0.2) is 14.0 Å². The molecule has 20 heavy (non-hydrogen) atoms. The van der Waals surface area contributed by atoms with Crippen LogP contribution in [0.2, 0.25) is 0 Å². The van der Waals surface area contributed by atoms with Gasteiger partial charge < -0.3 is 19.7 Å². The van der Waals surface area contributed by atoms with Gasteiger partial charge in [0, 0.05) is 7.11 Å². The van der Waals surface area contributed by atoms with Gasteiger partial charge in [-0.1, -0.05) is 7.43 Å². The van der Waals surface area contributed by atoms with Crippen LogP contribution in [0.3, 0.4) is 0 Å². The lowest BCUT2D eigenvalue weighted by atomic mass is 10.6. The largest absolute Gasteiger partial charge is 0.544 e. The first-order chi connectivity index (χ1) is 8.37. The Kier molecular flexibility index (Phi) is 17.3. The fourth-order valence-corrected chi connectivity index (χ4v) is 0.730. The van der Waals surface area contributed by atoms with E-state index in [0.29, 0.717) is 0 Å². The second-order valence-corrected chi connectivity index (χ2v) is 4.82. The quantitative estimate of drug-likeness (QED) is 0.218. The Morgan fingerprint density at radius 3 is 1.40 bits per heavy atom. The van der Waals surface area contributed by atoms with Crippen LogP contribution in [-0.2, 0) is 14.3 Å².